The molecule has 0 amide bonds. The van der Waals surface area contributed by atoms with Crippen molar-refractivity contribution in [1.82, 2.24) is 25.1 Å². The van der Waals surface area contributed by atoms with Gasteiger partial charge in [0.05, 0.1) is 24.0 Å². The molecule has 8 heteroatoms. The Labute approximate surface area is 160 Å². The molecule has 7 nitrogen and oxygen atoms in total. The highest BCUT2D eigenvalue weighted by Crippen LogP contribution is 2.50. The van der Waals surface area contributed by atoms with E-state index in [1.54, 1.807) is 12.4 Å². The number of carboxylic acid groups (broad SMARTS) is 1. The van der Waals surface area contributed by atoms with Gasteiger partial charge in [0.15, 0.2) is 5.82 Å². The van der Waals surface area contributed by atoms with Crippen LogP contribution < -0.4 is 0 Å². The van der Waals surface area contributed by atoms with E-state index in [0.29, 0.717) is 34.8 Å². The summed E-state index contributed by atoms with van der Waals surface area (Å²) in [6.07, 6.45) is 9.26. The molecule has 3 aliphatic rings. The predicted octanol–water partition coefficient (Wildman–Crippen LogP) is 3.23. The first-order chi connectivity index (χ1) is 13.6. The number of rotatable bonds is 4. The van der Waals surface area contributed by atoms with Gasteiger partial charge in [0.1, 0.15) is 11.5 Å². The fourth-order valence-electron chi connectivity index (χ4n) is 5.21. The van der Waals surface area contributed by atoms with Gasteiger partial charge in [0.2, 0.25) is 0 Å². The first-order valence-corrected chi connectivity index (χ1v) is 9.64. The number of aromatic amines is 1. The van der Waals surface area contributed by atoms with E-state index in [1.165, 1.54) is 6.07 Å². The Morgan fingerprint density at radius 2 is 2.00 bits per heavy atom. The van der Waals surface area contributed by atoms with Crippen LogP contribution in [0.4, 0.5) is 4.39 Å². The number of H-pyrrole nitrogens is 1. The number of aliphatic carboxylic acids is 1. The van der Waals surface area contributed by atoms with Crippen LogP contribution in [0.1, 0.15) is 31.4 Å². The van der Waals surface area contributed by atoms with Crippen molar-refractivity contribution in [3.8, 4) is 11.4 Å². The molecule has 3 aliphatic carbocycles. The van der Waals surface area contributed by atoms with Crippen LogP contribution in [0.5, 0.6) is 0 Å². The minimum atomic E-state index is -0.695. The Bertz CT molecular complexity index is 1040. The maximum atomic E-state index is 13.6. The van der Waals surface area contributed by atoms with Crippen molar-refractivity contribution in [2.75, 3.05) is 0 Å². The molecule has 3 heterocycles. The quantitative estimate of drug-likeness (QED) is 0.719. The van der Waals surface area contributed by atoms with Crippen LogP contribution in [0.25, 0.3) is 22.4 Å². The summed E-state index contributed by atoms with van der Waals surface area (Å²) in [5.41, 5.74) is 1.92. The van der Waals surface area contributed by atoms with E-state index in [2.05, 4.69) is 25.1 Å². The van der Waals surface area contributed by atoms with E-state index in [4.69, 9.17) is 0 Å². The lowest BCUT2D eigenvalue weighted by Gasteiger charge is -2.46. The lowest BCUT2D eigenvalue weighted by atomic mass is 9.57. The minimum absolute atomic E-state index is 0.0802. The second-order valence-corrected chi connectivity index (χ2v) is 7.93. The van der Waals surface area contributed by atoms with E-state index >= 15 is 0 Å². The highest BCUT2D eigenvalue weighted by molar-refractivity contribution is 5.91. The van der Waals surface area contributed by atoms with Crippen LogP contribution in [0.15, 0.2) is 24.7 Å². The molecule has 3 saturated carbocycles. The third kappa shape index (κ3) is 2.83. The van der Waals surface area contributed by atoms with Crippen molar-refractivity contribution < 1.29 is 14.3 Å². The lowest BCUT2D eigenvalue weighted by molar-refractivity contribution is -0.152. The summed E-state index contributed by atoms with van der Waals surface area (Å²) in [6.45, 7) is 0. The van der Waals surface area contributed by atoms with E-state index in [9.17, 15) is 14.3 Å². The second kappa shape index (κ2) is 6.61. The molecule has 28 heavy (non-hydrogen) atoms. The SMILES string of the molecule is O=C(O)[C@H]1C2CCC(CC2)[C@@H]1Cc1cnnc(-c2c[nH]c3ncc(F)cc23)n1. The van der Waals surface area contributed by atoms with E-state index < -0.39 is 11.8 Å². The van der Waals surface area contributed by atoms with Crippen molar-refractivity contribution >= 4 is 17.0 Å². The second-order valence-electron chi connectivity index (χ2n) is 7.93. The molecule has 3 aromatic rings. The monoisotopic (exact) mass is 381 g/mol. The highest BCUT2D eigenvalue weighted by atomic mass is 19.1. The van der Waals surface area contributed by atoms with Crippen LogP contribution in [0, 0.1) is 29.5 Å². The van der Waals surface area contributed by atoms with Crippen molar-refractivity contribution in [2.45, 2.75) is 32.1 Å². The number of nitrogens with one attached hydrogen (secondary N) is 1. The Kier molecular flexibility index (Phi) is 4.07. The predicted molar refractivity (Wildman–Crippen MR) is 98.6 cm³/mol. The molecule has 2 atom stereocenters. The molecule has 0 unspecified atom stereocenters. The summed E-state index contributed by atoms with van der Waals surface area (Å²) in [7, 11) is 0. The number of hydrogen-bond donors (Lipinski definition) is 2. The van der Waals surface area contributed by atoms with Crippen LogP contribution in [0.3, 0.4) is 0 Å². The standard InChI is InChI=1S/C20H20FN5O2/c21-12-5-15-16(9-23-18(15)22-7-12)19-25-13(8-24-26-19)6-14-10-1-3-11(4-2-10)17(14)20(27)28/h5,7-11,14,17H,1-4,6H2,(H,22,23)(H,27,28)/t10?,11?,14-,17-/m0/s1. The molecule has 3 aromatic heterocycles. The maximum absolute atomic E-state index is 13.6. The lowest BCUT2D eigenvalue weighted by Crippen LogP contribution is -2.45. The fraction of sp³-hybridized carbons (Fsp3) is 0.450. The molecule has 0 aliphatic heterocycles. The third-order valence-electron chi connectivity index (χ3n) is 6.47. The number of pyridine rings is 1. The zero-order valence-corrected chi connectivity index (χ0v) is 15.2. The van der Waals surface area contributed by atoms with Gasteiger partial charge in [-0.25, -0.2) is 14.4 Å². The number of carboxylic acids is 1. The smallest absolute Gasteiger partial charge is 0.307 e. The van der Waals surface area contributed by atoms with Crippen molar-refractivity contribution in [3.63, 3.8) is 0 Å². The molecule has 2 N–H and O–H groups in total. The molecule has 3 fully saturated rings. The number of hydrogen-bond acceptors (Lipinski definition) is 5. The largest absolute Gasteiger partial charge is 0.481 e. The van der Waals surface area contributed by atoms with E-state index in [0.717, 1.165) is 37.6 Å². The third-order valence-corrected chi connectivity index (χ3v) is 6.47. The number of aromatic nitrogens is 5. The van der Waals surface area contributed by atoms with Gasteiger partial charge < -0.3 is 10.1 Å². The summed E-state index contributed by atoms with van der Waals surface area (Å²) in [5, 5.41) is 18.5. The summed E-state index contributed by atoms with van der Waals surface area (Å²) < 4.78 is 13.6. The van der Waals surface area contributed by atoms with E-state index in [1.807, 2.05) is 0 Å². The summed E-state index contributed by atoms with van der Waals surface area (Å²) >= 11 is 0. The van der Waals surface area contributed by atoms with Gasteiger partial charge in [-0.1, -0.05) is 0 Å². The molecule has 0 saturated heterocycles. The van der Waals surface area contributed by atoms with Gasteiger partial charge in [-0.15, -0.1) is 5.10 Å². The zero-order valence-electron chi connectivity index (χ0n) is 15.2. The molecular formula is C20H20FN5O2. The van der Waals surface area contributed by atoms with Crippen molar-refractivity contribution in [3.05, 3.63) is 36.2 Å². The van der Waals surface area contributed by atoms with Gasteiger partial charge in [0.25, 0.3) is 0 Å². The Balaban J connectivity index is 1.47. The molecule has 0 radical (unpaired) electrons. The van der Waals surface area contributed by atoms with Gasteiger partial charge in [-0.2, -0.15) is 5.10 Å². The van der Waals surface area contributed by atoms with Crippen LogP contribution >= 0.6 is 0 Å². The Hall–Kier alpha value is -2.90. The molecule has 0 aromatic carbocycles. The van der Waals surface area contributed by atoms with Crippen LogP contribution in [-0.2, 0) is 11.2 Å². The average molecular weight is 381 g/mol. The first kappa shape index (κ1) is 17.2. The average Bonchev–Trinajstić information content (AvgIpc) is 3.12. The summed E-state index contributed by atoms with van der Waals surface area (Å²) in [6, 6.07) is 1.39. The summed E-state index contributed by atoms with van der Waals surface area (Å²) in [4.78, 5) is 23.5. The maximum Gasteiger partial charge on any atom is 0.307 e. The molecule has 2 bridgehead atoms. The van der Waals surface area contributed by atoms with Crippen molar-refractivity contribution in [2.24, 2.45) is 23.7 Å². The Morgan fingerprint density at radius 3 is 2.79 bits per heavy atom. The van der Waals surface area contributed by atoms with Gasteiger partial charge in [0, 0.05) is 17.1 Å². The van der Waals surface area contributed by atoms with Gasteiger partial charge in [-0.05, 0) is 55.9 Å². The fourth-order valence-corrected chi connectivity index (χ4v) is 5.21. The van der Waals surface area contributed by atoms with E-state index in [-0.39, 0.29) is 17.8 Å². The molecular weight excluding hydrogens is 361 g/mol. The number of nitrogens with zero attached hydrogens (tertiary/aromatic N) is 4. The first-order valence-electron chi connectivity index (χ1n) is 9.64. The highest BCUT2D eigenvalue weighted by Gasteiger charge is 2.47. The van der Waals surface area contributed by atoms with Gasteiger partial charge >= 0.3 is 5.97 Å². The molecule has 0 spiro atoms. The zero-order chi connectivity index (χ0) is 19.3. The van der Waals surface area contributed by atoms with Crippen LogP contribution in [-0.4, -0.2) is 36.2 Å². The molecule has 6 rings (SSSR count). The topological polar surface area (TPSA) is 105 Å². The molecule has 144 valence electrons. The van der Waals surface area contributed by atoms with Crippen molar-refractivity contribution in [1.29, 1.82) is 0 Å². The van der Waals surface area contributed by atoms with Gasteiger partial charge in [-0.3, -0.25) is 4.79 Å². The van der Waals surface area contributed by atoms with Crippen LogP contribution in [0.2, 0.25) is 0 Å². The number of halogens is 1. The number of carbonyl (C=O) groups is 1. The normalized spacial score (nSPS) is 26.6. The number of fused-ring (bicyclic) bond motifs is 4. The Morgan fingerprint density at radius 1 is 1.21 bits per heavy atom. The minimum Gasteiger partial charge on any atom is -0.481 e. The summed E-state index contributed by atoms with van der Waals surface area (Å²) in [5.74, 6) is -0.266.